The molecule has 0 bridgehead atoms. The maximum Gasteiger partial charge on any atom is 0.218 e. The molecular weight excluding hydrogens is 316 g/mol. The Morgan fingerprint density at radius 2 is 2.16 bits per heavy atom. The SMILES string of the molecule is Cc1ccc2c(c1)OC1(CCN(CCC(N)=O)CC1)[C@H]1CCCO[C@H]21. The molecule has 0 unspecified atom stereocenters. The van der Waals surface area contributed by atoms with Gasteiger partial charge in [-0.2, -0.15) is 0 Å². The zero-order valence-electron chi connectivity index (χ0n) is 15.0. The number of benzene rings is 1. The highest BCUT2D eigenvalue weighted by Crippen LogP contribution is 2.53. The van der Waals surface area contributed by atoms with E-state index in [2.05, 4.69) is 30.0 Å². The van der Waals surface area contributed by atoms with E-state index in [0.29, 0.717) is 12.3 Å². The molecule has 3 aliphatic rings. The van der Waals surface area contributed by atoms with E-state index in [0.717, 1.165) is 51.3 Å². The third kappa shape index (κ3) is 3.15. The molecule has 0 aromatic heterocycles. The number of ether oxygens (including phenoxy) is 2. The van der Waals surface area contributed by atoms with Crippen LogP contribution >= 0.6 is 0 Å². The lowest BCUT2D eigenvalue weighted by Crippen LogP contribution is -2.57. The first kappa shape index (κ1) is 16.9. The van der Waals surface area contributed by atoms with Gasteiger partial charge in [0.05, 0.1) is 6.10 Å². The molecule has 1 spiro atoms. The summed E-state index contributed by atoms with van der Waals surface area (Å²) in [4.78, 5) is 13.4. The molecular formula is C20H28N2O3. The highest BCUT2D eigenvalue weighted by atomic mass is 16.5. The van der Waals surface area contributed by atoms with Crippen molar-refractivity contribution in [3.63, 3.8) is 0 Å². The van der Waals surface area contributed by atoms with Gasteiger partial charge >= 0.3 is 0 Å². The minimum Gasteiger partial charge on any atom is -0.486 e. The number of fused-ring (bicyclic) bond motifs is 4. The number of rotatable bonds is 3. The zero-order chi connectivity index (χ0) is 17.4. The molecule has 136 valence electrons. The Hall–Kier alpha value is -1.59. The molecule has 2 atom stereocenters. The van der Waals surface area contributed by atoms with Crippen LogP contribution in [-0.4, -0.2) is 42.6 Å². The number of nitrogens with zero attached hydrogens (tertiary/aromatic N) is 1. The lowest BCUT2D eigenvalue weighted by Gasteiger charge is -2.53. The van der Waals surface area contributed by atoms with Gasteiger partial charge in [0.2, 0.25) is 5.91 Å². The predicted octanol–water partition coefficient (Wildman–Crippen LogP) is 2.57. The van der Waals surface area contributed by atoms with Gasteiger partial charge in [0.1, 0.15) is 11.4 Å². The second kappa shape index (κ2) is 6.61. The van der Waals surface area contributed by atoms with Crippen molar-refractivity contribution in [3.8, 4) is 5.75 Å². The number of aryl methyl sites for hydroxylation is 1. The molecule has 4 rings (SSSR count). The third-order valence-electron chi connectivity index (χ3n) is 6.16. The number of carbonyl (C=O) groups is 1. The molecule has 2 fully saturated rings. The number of primary amides is 1. The summed E-state index contributed by atoms with van der Waals surface area (Å²) in [6.07, 6.45) is 4.85. The van der Waals surface area contributed by atoms with E-state index in [9.17, 15) is 4.79 Å². The molecule has 1 aromatic rings. The van der Waals surface area contributed by atoms with E-state index in [1.807, 2.05) is 0 Å². The fourth-order valence-corrected chi connectivity index (χ4v) is 4.78. The van der Waals surface area contributed by atoms with Crippen LogP contribution in [0.4, 0.5) is 0 Å². The van der Waals surface area contributed by atoms with Gasteiger partial charge in [-0.15, -0.1) is 0 Å². The Morgan fingerprint density at radius 3 is 2.92 bits per heavy atom. The van der Waals surface area contributed by atoms with Crippen LogP contribution in [0.1, 0.15) is 49.3 Å². The van der Waals surface area contributed by atoms with Crippen LogP contribution in [0.2, 0.25) is 0 Å². The molecule has 1 amide bonds. The molecule has 3 heterocycles. The maximum absolute atomic E-state index is 11.0. The number of hydrogen-bond donors (Lipinski definition) is 1. The van der Waals surface area contributed by atoms with Gasteiger partial charge in [0.15, 0.2) is 0 Å². The van der Waals surface area contributed by atoms with Crippen molar-refractivity contribution in [2.45, 2.75) is 50.7 Å². The second-order valence-corrected chi connectivity index (χ2v) is 7.81. The van der Waals surface area contributed by atoms with Crippen LogP contribution in [0.15, 0.2) is 18.2 Å². The Kier molecular flexibility index (Phi) is 4.46. The normalized spacial score (nSPS) is 28.0. The lowest BCUT2D eigenvalue weighted by molar-refractivity contribution is -0.149. The van der Waals surface area contributed by atoms with E-state index >= 15 is 0 Å². The zero-order valence-corrected chi connectivity index (χ0v) is 15.0. The molecule has 1 aromatic carbocycles. The quantitative estimate of drug-likeness (QED) is 0.915. The standard InChI is InChI=1S/C20H28N2O3/c1-14-4-5-15-17(13-14)25-20(16-3-2-12-24-19(15)16)7-10-22(11-8-20)9-6-18(21)23/h4-5,13,16,19H,2-3,6-12H2,1H3,(H2,21,23)/t16-,19+/m0/s1. The van der Waals surface area contributed by atoms with Crippen LogP contribution < -0.4 is 10.5 Å². The van der Waals surface area contributed by atoms with Crippen molar-refractivity contribution in [3.05, 3.63) is 29.3 Å². The fraction of sp³-hybridized carbons (Fsp3) is 0.650. The summed E-state index contributed by atoms with van der Waals surface area (Å²) in [7, 11) is 0. The Labute approximate surface area is 149 Å². The van der Waals surface area contributed by atoms with Crippen LogP contribution in [0.25, 0.3) is 0 Å². The molecule has 5 nitrogen and oxygen atoms in total. The largest absolute Gasteiger partial charge is 0.486 e. The molecule has 0 aliphatic carbocycles. The first-order valence-electron chi connectivity index (χ1n) is 9.49. The van der Waals surface area contributed by atoms with Crippen molar-refractivity contribution in [2.75, 3.05) is 26.2 Å². The third-order valence-corrected chi connectivity index (χ3v) is 6.16. The summed E-state index contributed by atoms with van der Waals surface area (Å²) < 4.78 is 12.9. The molecule has 25 heavy (non-hydrogen) atoms. The number of piperidine rings is 1. The molecule has 2 N–H and O–H groups in total. The van der Waals surface area contributed by atoms with E-state index in [-0.39, 0.29) is 17.6 Å². The van der Waals surface area contributed by atoms with Crippen molar-refractivity contribution in [2.24, 2.45) is 11.7 Å². The number of amides is 1. The molecule has 2 saturated heterocycles. The summed E-state index contributed by atoms with van der Waals surface area (Å²) in [6.45, 7) is 5.62. The highest BCUT2D eigenvalue weighted by Gasteiger charge is 2.52. The number of nitrogens with two attached hydrogens (primary N) is 1. The van der Waals surface area contributed by atoms with Gasteiger partial charge in [-0.05, 0) is 31.4 Å². The smallest absolute Gasteiger partial charge is 0.218 e. The van der Waals surface area contributed by atoms with Gasteiger partial charge in [-0.25, -0.2) is 0 Å². The van der Waals surface area contributed by atoms with Crippen LogP contribution in [-0.2, 0) is 9.53 Å². The van der Waals surface area contributed by atoms with Crippen molar-refractivity contribution in [1.82, 2.24) is 4.90 Å². The first-order chi connectivity index (χ1) is 12.1. The van der Waals surface area contributed by atoms with E-state index in [1.165, 1.54) is 17.5 Å². The average Bonchev–Trinajstić information content (AvgIpc) is 2.61. The van der Waals surface area contributed by atoms with Crippen LogP contribution in [0.3, 0.4) is 0 Å². The Bertz CT molecular complexity index is 652. The fourth-order valence-electron chi connectivity index (χ4n) is 4.78. The molecule has 0 radical (unpaired) electrons. The van der Waals surface area contributed by atoms with E-state index in [4.69, 9.17) is 15.2 Å². The minimum absolute atomic E-state index is 0.130. The van der Waals surface area contributed by atoms with Gasteiger partial charge < -0.3 is 20.1 Å². The summed E-state index contributed by atoms with van der Waals surface area (Å²) in [6, 6.07) is 6.49. The molecule has 3 aliphatic heterocycles. The second-order valence-electron chi connectivity index (χ2n) is 7.81. The van der Waals surface area contributed by atoms with E-state index < -0.39 is 0 Å². The van der Waals surface area contributed by atoms with Crippen LogP contribution in [0.5, 0.6) is 5.75 Å². The minimum atomic E-state index is -0.223. The number of carbonyl (C=O) groups excluding carboxylic acids is 1. The number of likely N-dealkylation sites (tertiary alicyclic amines) is 1. The topological polar surface area (TPSA) is 64.8 Å². The summed E-state index contributed by atoms with van der Waals surface area (Å²) >= 11 is 0. The van der Waals surface area contributed by atoms with Crippen LogP contribution in [0, 0.1) is 12.8 Å². The summed E-state index contributed by atoms with van der Waals surface area (Å²) in [5.74, 6) is 1.21. The van der Waals surface area contributed by atoms with Crippen molar-refractivity contribution in [1.29, 1.82) is 0 Å². The highest BCUT2D eigenvalue weighted by molar-refractivity contribution is 5.73. The first-order valence-corrected chi connectivity index (χ1v) is 9.49. The molecule has 5 heteroatoms. The average molecular weight is 344 g/mol. The van der Waals surface area contributed by atoms with Gasteiger partial charge in [-0.3, -0.25) is 4.79 Å². The Balaban J connectivity index is 1.56. The van der Waals surface area contributed by atoms with Gasteiger partial charge in [0.25, 0.3) is 0 Å². The van der Waals surface area contributed by atoms with Gasteiger partial charge in [-0.1, -0.05) is 12.1 Å². The van der Waals surface area contributed by atoms with E-state index in [1.54, 1.807) is 0 Å². The van der Waals surface area contributed by atoms with Crippen molar-refractivity contribution >= 4 is 5.91 Å². The lowest BCUT2D eigenvalue weighted by atomic mass is 9.70. The number of hydrogen-bond acceptors (Lipinski definition) is 4. The maximum atomic E-state index is 11.0. The predicted molar refractivity (Wildman–Crippen MR) is 95.4 cm³/mol. The Morgan fingerprint density at radius 1 is 1.36 bits per heavy atom. The summed E-state index contributed by atoms with van der Waals surface area (Å²) in [5.41, 5.74) is 7.61. The van der Waals surface area contributed by atoms with Gasteiger partial charge in [0, 0.05) is 57.0 Å². The summed E-state index contributed by atoms with van der Waals surface area (Å²) in [5, 5.41) is 0. The molecule has 0 saturated carbocycles. The van der Waals surface area contributed by atoms with Crippen molar-refractivity contribution < 1.29 is 14.3 Å². The monoisotopic (exact) mass is 344 g/mol.